The van der Waals surface area contributed by atoms with E-state index in [0.717, 1.165) is 18.3 Å². The van der Waals surface area contributed by atoms with Gasteiger partial charge in [0.05, 0.1) is 0 Å². The molecule has 1 nitrogen and oxygen atoms in total. The van der Waals surface area contributed by atoms with E-state index in [9.17, 15) is 0 Å². The number of hydrogen-bond donors (Lipinski definition) is 0. The SMILES string of the molecule is CC1CCN(CCCl)C1.Cl. The third kappa shape index (κ3) is 3.09. The predicted octanol–water partition coefficient (Wildman–Crippen LogP) is 1.99. The Morgan fingerprint density at radius 3 is 2.70 bits per heavy atom. The van der Waals surface area contributed by atoms with Crippen LogP contribution in [-0.4, -0.2) is 30.4 Å². The summed E-state index contributed by atoms with van der Waals surface area (Å²) in [5, 5.41) is 0. The summed E-state index contributed by atoms with van der Waals surface area (Å²) >= 11 is 5.59. The van der Waals surface area contributed by atoms with Crippen molar-refractivity contribution in [3.8, 4) is 0 Å². The maximum atomic E-state index is 5.59. The van der Waals surface area contributed by atoms with Gasteiger partial charge >= 0.3 is 0 Å². The van der Waals surface area contributed by atoms with Gasteiger partial charge in [0.25, 0.3) is 0 Å². The van der Waals surface area contributed by atoms with Crippen molar-refractivity contribution in [3.63, 3.8) is 0 Å². The highest BCUT2D eigenvalue weighted by atomic mass is 35.5. The van der Waals surface area contributed by atoms with Gasteiger partial charge in [-0.15, -0.1) is 24.0 Å². The summed E-state index contributed by atoms with van der Waals surface area (Å²) < 4.78 is 0. The van der Waals surface area contributed by atoms with Crippen molar-refractivity contribution >= 4 is 24.0 Å². The number of hydrogen-bond acceptors (Lipinski definition) is 1. The lowest BCUT2D eigenvalue weighted by Crippen LogP contribution is -2.22. The van der Waals surface area contributed by atoms with Crippen LogP contribution in [0.5, 0.6) is 0 Å². The largest absolute Gasteiger partial charge is 0.302 e. The van der Waals surface area contributed by atoms with Crippen molar-refractivity contribution in [1.29, 1.82) is 0 Å². The molecule has 1 atom stereocenters. The second kappa shape index (κ2) is 5.22. The molecule has 0 aliphatic carbocycles. The van der Waals surface area contributed by atoms with Gasteiger partial charge in [0.15, 0.2) is 0 Å². The first-order chi connectivity index (χ1) is 4.33. The molecule has 0 spiro atoms. The van der Waals surface area contributed by atoms with Crippen LogP contribution in [0.25, 0.3) is 0 Å². The molecule has 62 valence electrons. The summed E-state index contributed by atoms with van der Waals surface area (Å²) in [6, 6.07) is 0. The van der Waals surface area contributed by atoms with E-state index in [0.29, 0.717) is 0 Å². The first-order valence-corrected chi connectivity index (χ1v) is 4.14. The lowest BCUT2D eigenvalue weighted by atomic mass is 10.2. The number of nitrogens with zero attached hydrogens (tertiary/aromatic N) is 1. The molecular weight excluding hydrogens is 169 g/mol. The average Bonchev–Trinajstić information content (AvgIpc) is 2.17. The van der Waals surface area contributed by atoms with Gasteiger partial charge in [-0.05, 0) is 18.9 Å². The van der Waals surface area contributed by atoms with Gasteiger partial charge in [0, 0.05) is 19.0 Å². The topological polar surface area (TPSA) is 3.24 Å². The molecule has 1 heterocycles. The van der Waals surface area contributed by atoms with E-state index < -0.39 is 0 Å². The van der Waals surface area contributed by atoms with E-state index >= 15 is 0 Å². The van der Waals surface area contributed by atoms with Crippen molar-refractivity contribution < 1.29 is 0 Å². The molecule has 0 bridgehead atoms. The van der Waals surface area contributed by atoms with E-state index in [4.69, 9.17) is 11.6 Å². The predicted molar refractivity (Wildman–Crippen MR) is 48.2 cm³/mol. The summed E-state index contributed by atoms with van der Waals surface area (Å²) in [7, 11) is 0. The summed E-state index contributed by atoms with van der Waals surface area (Å²) in [6.07, 6.45) is 1.36. The summed E-state index contributed by atoms with van der Waals surface area (Å²) in [6.45, 7) is 5.89. The first kappa shape index (κ1) is 10.5. The Balaban J connectivity index is 0.000000810. The van der Waals surface area contributed by atoms with Crippen LogP contribution in [0.1, 0.15) is 13.3 Å². The summed E-state index contributed by atoms with van der Waals surface area (Å²) in [5.41, 5.74) is 0. The maximum absolute atomic E-state index is 5.59. The van der Waals surface area contributed by atoms with E-state index in [2.05, 4.69) is 11.8 Å². The maximum Gasteiger partial charge on any atom is 0.0351 e. The van der Waals surface area contributed by atoms with Crippen LogP contribution in [-0.2, 0) is 0 Å². The Kier molecular flexibility index (Phi) is 5.51. The molecule has 10 heavy (non-hydrogen) atoms. The van der Waals surface area contributed by atoms with Gasteiger partial charge in [-0.25, -0.2) is 0 Å². The lowest BCUT2D eigenvalue weighted by Gasteiger charge is -2.11. The van der Waals surface area contributed by atoms with E-state index in [-0.39, 0.29) is 12.4 Å². The van der Waals surface area contributed by atoms with Crippen molar-refractivity contribution in [3.05, 3.63) is 0 Å². The minimum absolute atomic E-state index is 0. The number of likely N-dealkylation sites (tertiary alicyclic amines) is 1. The fourth-order valence-electron chi connectivity index (χ4n) is 1.35. The molecule has 0 saturated carbocycles. The Labute approximate surface area is 74.1 Å². The summed E-state index contributed by atoms with van der Waals surface area (Å²) in [5.74, 6) is 1.68. The molecule has 1 aliphatic rings. The highest BCUT2D eigenvalue weighted by Crippen LogP contribution is 2.13. The van der Waals surface area contributed by atoms with Crippen LogP contribution in [0.3, 0.4) is 0 Å². The third-order valence-electron chi connectivity index (χ3n) is 1.91. The first-order valence-electron chi connectivity index (χ1n) is 3.61. The van der Waals surface area contributed by atoms with Crippen molar-refractivity contribution in [2.24, 2.45) is 5.92 Å². The van der Waals surface area contributed by atoms with Gasteiger partial charge in [0.2, 0.25) is 0 Å². The molecule has 1 saturated heterocycles. The van der Waals surface area contributed by atoms with Gasteiger partial charge < -0.3 is 4.90 Å². The molecule has 0 aromatic heterocycles. The molecule has 0 amide bonds. The van der Waals surface area contributed by atoms with Crippen molar-refractivity contribution in [2.45, 2.75) is 13.3 Å². The molecule has 0 N–H and O–H groups in total. The standard InChI is InChI=1S/C7H14ClN.ClH/c1-7-2-4-9(6-7)5-3-8;/h7H,2-6H2,1H3;1H. The molecule has 1 unspecified atom stereocenters. The van der Waals surface area contributed by atoms with E-state index in [1.807, 2.05) is 0 Å². The van der Waals surface area contributed by atoms with Crippen LogP contribution < -0.4 is 0 Å². The Bertz CT molecular complexity index is 85.7. The Morgan fingerprint density at radius 1 is 1.60 bits per heavy atom. The van der Waals surface area contributed by atoms with Gasteiger partial charge in [-0.3, -0.25) is 0 Å². The number of rotatable bonds is 2. The number of halogens is 2. The zero-order valence-corrected chi connectivity index (χ0v) is 7.92. The monoisotopic (exact) mass is 183 g/mol. The van der Waals surface area contributed by atoms with Crippen LogP contribution in [0.2, 0.25) is 0 Å². The molecule has 0 radical (unpaired) electrons. The Morgan fingerprint density at radius 2 is 2.30 bits per heavy atom. The zero-order valence-electron chi connectivity index (χ0n) is 6.35. The second-order valence-corrected chi connectivity index (χ2v) is 3.26. The smallest absolute Gasteiger partial charge is 0.0351 e. The van der Waals surface area contributed by atoms with Crippen LogP contribution in [0.15, 0.2) is 0 Å². The van der Waals surface area contributed by atoms with Crippen LogP contribution >= 0.6 is 24.0 Å². The van der Waals surface area contributed by atoms with E-state index in [1.54, 1.807) is 0 Å². The molecule has 1 rings (SSSR count). The fraction of sp³-hybridized carbons (Fsp3) is 1.00. The van der Waals surface area contributed by atoms with E-state index in [1.165, 1.54) is 19.5 Å². The van der Waals surface area contributed by atoms with Gasteiger partial charge in [-0.2, -0.15) is 0 Å². The minimum atomic E-state index is 0. The third-order valence-corrected chi connectivity index (χ3v) is 2.08. The van der Waals surface area contributed by atoms with Gasteiger partial charge in [0.1, 0.15) is 0 Å². The summed E-state index contributed by atoms with van der Waals surface area (Å²) in [4.78, 5) is 2.43. The highest BCUT2D eigenvalue weighted by Gasteiger charge is 2.16. The lowest BCUT2D eigenvalue weighted by molar-refractivity contribution is 0.348. The molecule has 3 heteroatoms. The van der Waals surface area contributed by atoms with Crippen LogP contribution in [0.4, 0.5) is 0 Å². The molecular formula is C7H15Cl2N. The zero-order chi connectivity index (χ0) is 6.69. The fourth-order valence-corrected chi connectivity index (χ4v) is 1.59. The van der Waals surface area contributed by atoms with Crippen LogP contribution in [0, 0.1) is 5.92 Å². The second-order valence-electron chi connectivity index (χ2n) is 2.88. The average molecular weight is 184 g/mol. The minimum Gasteiger partial charge on any atom is -0.302 e. The molecule has 0 aromatic rings. The van der Waals surface area contributed by atoms with Gasteiger partial charge in [-0.1, -0.05) is 6.92 Å². The molecule has 0 aromatic carbocycles. The van der Waals surface area contributed by atoms with Crippen molar-refractivity contribution in [1.82, 2.24) is 4.90 Å². The normalized spacial score (nSPS) is 26.4. The molecule has 1 fully saturated rings. The quantitative estimate of drug-likeness (QED) is 0.593. The highest BCUT2D eigenvalue weighted by molar-refractivity contribution is 6.18. The Hall–Kier alpha value is 0.540. The molecule has 1 aliphatic heterocycles. The number of alkyl halides is 1. The van der Waals surface area contributed by atoms with Crippen molar-refractivity contribution in [2.75, 3.05) is 25.5 Å².